The Bertz CT molecular complexity index is 847. The number of nitrogens with one attached hydrogen (secondary N) is 2. The molecule has 7 heteroatoms. The van der Waals surface area contributed by atoms with Crippen molar-refractivity contribution < 1.29 is 17.9 Å². The van der Waals surface area contributed by atoms with Crippen LogP contribution in [0.3, 0.4) is 0 Å². The minimum atomic E-state index is -3.74. The van der Waals surface area contributed by atoms with E-state index >= 15 is 0 Å². The van der Waals surface area contributed by atoms with Crippen molar-refractivity contribution in [3.63, 3.8) is 0 Å². The molecule has 128 valence electrons. The van der Waals surface area contributed by atoms with Gasteiger partial charge in [-0.05, 0) is 49.2 Å². The van der Waals surface area contributed by atoms with E-state index in [0.29, 0.717) is 11.4 Å². The highest BCUT2D eigenvalue weighted by molar-refractivity contribution is 7.89. The van der Waals surface area contributed by atoms with Gasteiger partial charge in [-0.15, -0.1) is 0 Å². The van der Waals surface area contributed by atoms with Gasteiger partial charge in [-0.2, -0.15) is 0 Å². The lowest BCUT2D eigenvalue weighted by Gasteiger charge is -2.11. The van der Waals surface area contributed by atoms with Crippen molar-refractivity contribution in [2.75, 3.05) is 19.0 Å². The zero-order valence-corrected chi connectivity index (χ0v) is 14.6. The molecule has 0 heterocycles. The maximum atomic E-state index is 12.3. The minimum Gasteiger partial charge on any atom is -0.495 e. The smallest absolute Gasteiger partial charge is 0.241 e. The van der Waals surface area contributed by atoms with Crippen LogP contribution in [0.4, 0.5) is 5.69 Å². The van der Waals surface area contributed by atoms with Gasteiger partial charge >= 0.3 is 0 Å². The molecule has 0 aliphatic rings. The Morgan fingerprint density at radius 1 is 1.08 bits per heavy atom. The molecule has 0 fully saturated rings. The van der Waals surface area contributed by atoms with Gasteiger partial charge in [-0.25, -0.2) is 13.1 Å². The first-order valence-corrected chi connectivity index (χ1v) is 8.81. The largest absolute Gasteiger partial charge is 0.495 e. The summed E-state index contributed by atoms with van der Waals surface area (Å²) in [6, 6.07) is 11.7. The Morgan fingerprint density at radius 2 is 1.79 bits per heavy atom. The summed E-state index contributed by atoms with van der Waals surface area (Å²) >= 11 is 0. The molecule has 2 rings (SSSR count). The van der Waals surface area contributed by atoms with Crippen molar-refractivity contribution in [1.82, 2.24) is 4.72 Å². The normalized spacial score (nSPS) is 11.1. The van der Waals surface area contributed by atoms with Crippen LogP contribution in [0.15, 0.2) is 47.4 Å². The van der Waals surface area contributed by atoms with E-state index in [1.54, 1.807) is 36.4 Å². The van der Waals surface area contributed by atoms with Gasteiger partial charge in [0, 0.05) is 0 Å². The average Bonchev–Trinajstić information content (AvgIpc) is 2.56. The van der Waals surface area contributed by atoms with Gasteiger partial charge in [0.25, 0.3) is 0 Å². The monoisotopic (exact) mass is 348 g/mol. The van der Waals surface area contributed by atoms with Crippen LogP contribution in [0.25, 0.3) is 0 Å². The summed E-state index contributed by atoms with van der Waals surface area (Å²) in [5, 5.41) is 2.62. The third-order valence-corrected chi connectivity index (χ3v) is 4.99. The van der Waals surface area contributed by atoms with E-state index in [9.17, 15) is 13.2 Å². The van der Waals surface area contributed by atoms with E-state index in [4.69, 9.17) is 4.74 Å². The predicted octanol–water partition coefficient (Wildman–Crippen LogP) is 2.23. The fraction of sp³-hybridized carbons (Fsp3) is 0.235. The van der Waals surface area contributed by atoms with Gasteiger partial charge in [0.1, 0.15) is 5.75 Å². The fourth-order valence-corrected chi connectivity index (χ4v) is 3.13. The molecule has 0 unspecified atom stereocenters. The molecule has 0 radical (unpaired) electrons. The fourth-order valence-electron chi connectivity index (χ4n) is 2.07. The van der Waals surface area contributed by atoms with E-state index in [2.05, 4.69) is 10.0 Å². The number of amides is 1. The van der Waals surface area contributed by atoms with E-state index in [1.807, 2.05) is 13.8 Å². The molecule has 2 aromatic carbocycles. The number of sulfonamides is 1. The Labute approximate surface area is 141 Å². The second-order valence-electron chi connectivity index (χ2n) is 5.32. The lowest BCUT2D eigenvalue weighted by molar-refractivity contribution is -0.115. The number of carbonyl (C=O) groups is 1. The van der Waals surface area contributed by atoms with Crippen molar-refractivity contribution in [1.29, 1.82) is 0 Å². The van der Waals surface area contributed by atoms with Gasteiger partial charge in [-0.3, -0.25) is 4.79 Å². The number of ether oxygens (including phenoxy) is 1. The second kappa shape index (κ2) is 7.46. The summed E-state index contributed by atoms with van der Waals surface area (Å²) in [5.41, 5.74) is 2.36. The first kappa shape index (κ1) is 18.0. The molecule has 2 aromatic rings. The highest BCUT2D eigenvalue weighted by atomic mass is 32.2. The molecular weight excluding hydrogens is 328 g/mol. The van der Waals surface area contributed by atoms with Crippen LogP contribution in [0.1, 0.15) is 11.1 Å². The van der Waals surface area contributed by atoms with Crippen LogP contribution >= 0.6 is 0 Å². The first-order chi connectivity index (χ1) is 11.3. The van der Waals surface area contributed by atoms with Crippen LogP contribution in [0, 0.1) is 13.8 Å². The lowest BCUT2D eigenvalue weighted by Crippen LogP contribution is -2.33. The van der Waals surface area contributed by atoms with Crippen LogP contribution in [-0.2, 0) is 14.8 Å². The molecule has 1 amide bonds. The van der Waals surface area contributed by atoms with Gasteiger partial charge in [0.15, 0.2) is 0 Å². The zero-order chi connectivity index (χ0) is 17.7. The lowest BCUT2D eigenvalue weighted by atomic mass is 10.1. The third-order valence-electron chi connectivity index (χ3n) is 3.59. The van der Waals surface area contributed by atoms with Crippen molar-refractivity contribution in [3.05, 3.63) is 53.6 Å². The maximum Gasteiger partial charge on any atom is 0.241 e. The first-order valence-electron chi connectivity index (χ1n) is 7.33. The number of hydrogen-bond acceptors (Lipinski definition) is 4. The molecule has 0 bridgehead atoms. The Hall–Kier alpha value is -2.38. The second-order valence-corrected chi connectivity index (χ2v) is 7.09. The quantitative estimate of drug-likeness (QED) is 0.838. The van der Waals surface area contributed by atoms with Crippen LogP contribution in [0.2, 0.25) is 0 Å². The number of methoxy groups -OCH3 is 1. The summed E-state index contributed by atoms with van der Waals surface area (Å²) in [4.78, 5) is 12.1. The molecule has 0 aliphatic heterocycles. The number of anilines is 1. The Kier molecular flexibility index (Phi) is 5.58. The summed E-state index contributed by atoms with van der Waals surface area (Å²) < 4.78 is 32.0. The highest BCUT2D eigenvalue weighted by Gasteiger charge is 2.16. The predicted molar refractivity (Wildman–Crippen MR) is 92.7 cm³/mol. The van der Waals surface area contributed by atoms with Crippen molar-refractivity contribution in [2.45, 2.75) is 18.7 Å². The van der Waals surface area contributed by atoms with E-state index in [0.717, 1.165) is 11.1 Å². The molecule has 0 aromatic heterocycles. The molecular formula is C17H20N2O4S. The number of para-hydroxylation sites is 2. The van der Waals surface area contributed by atoms with Crippen LogP contribution < -0.4 is 14.8 Å². The molecule has 0 saturated heterocycles. The van der Waals surface area contributed by atoms with Gasteiger partial charge in [0.2, 0.25) is 15.9 Å². The summed E-state index contributed by atoms with van der Waals surface area (Å²) in [7, 11) is -2.25. The number of aryl methyl sites for hydroxylation is 2. The highest BCUT2D eigenvalue weighted by Crippen LogP contribution is 2.22. The Morgan fingerprint density at radius 3 is 2.46 bits per heavy atom. The van der Waals surface area contributed by atoms with Gasteiger partial charge < -0.3 is 10.1 Å². The Balaban J connectivity index is 2.03. The van der Waals surface area contributed by atoms with E-state index in [-0.39, 0.29) is 11.4 Å². The molecule has 0 atom stereocenters. The van der Waals surface area contributed by atoms with E-state index < -0.39 is 15.9 Å². The van der Waals surface area contributed by atoms with Crippen LogP contribution in [0.5, 0.6) is 5.75 Å². The molecule has 0 spiro atoms. The third kappa shape index (κ3) is 4.33. The SMILES string of the molecule is COc1ccccc1NC(=O)CNS(=O)(=O)c1ccc(C)c(C)c1. The van der Waals surface area contributed by atoms with Crippen LogP contribution in [-0.4, -0.2) is 28.0 Å². The standard InChI is InChI=1S/C17H20N2O4S/c1-12-8-9-14(10-13(12)2)24(21,22)18-11-17(20)19-15-6-4-5-7-16(15)23-3/h4-10,18H,11H2,1-3H3,(H,19,20). The summed E-state index contributed by atoms with van der Waals surface area (Å²) in [5.74, 6) is 0.0229. The average molecular weight is 348 g/mol. The topological polar surface area (TPSA) is 84.5 Å². The van der Waals surface area contributed by atoms with Crippen molar-refractivity contribution in [3.8, 4) is 5.75 Å². The minimum absolute atomic E-state index is 0.135. The van der Waals surface area contributed by atoms with Gasteiger partial charge in [0.05, 0.1) is 24.2 Å². The zero-order valence-electron chi connectivity index (χ0n) is 13.8. The molecule has 0 saturated carbocycles. The summed E-state index contributed by atoms with van der Waals surface area (Å²) in [6.07, 6.45) is 0. The van der Waals surface area contributed by atoms with E-state index in [1.165, 1.54) is 13.2 Å². The van der Waals surface area contributed by atoms with Crippen molar-refractivity contribution in [2.24, 2.45) is 0 Å². The molecule has 6 nitrogen and oxygen atoms in total. The molecule has 24 heavy (non-hydrogen) atoms. The van der Waals surface area contributed by atoms with Gasteiger partial charge in [-0.1, -0.05) is 18.2 Å². The summed E-state index contributed by atoms with van der Waals surface area (Å²) in [6.45, 7) is 3.37. The number of benzene rings is 2. The number of rotatable bonds is 6. The number of hydrogen-bond donors (Lipinski definition) is 2. The molecule has 2 N–H and O–H groups in total. The number of carbonyl (C=O) groups excluding carboxylic acids is 1. The maximum absolute atomic E-state index is 12.3. The molecule has 0 aliphatic carbocycles. The van der Waals surface area contributed by atoms with Crippen molar-refractivity contribution >= 4 is 21.6 Å².